The summed E-state index contributed by atoms with van der Waals surface area (Å²) < 4.78 is 0. The molecule has 4 aliphatic carbocycles. The molecule has 3 fully saturated rings. The third kappa shape index (κ3) is 3.92. The molecule has 0 heterocycles. The normalized spacial score (nSPS) is 45.7. The predicted octanol–water partition coefficient (Wildman–Crippen LogP) is 6.72. The first kappa shape index (κ1) is 23.1. The van der Waals surface area contributed by atoms with Gasteiger partial charge in [0.25, 0.3) is 0 Å². The molecule has 0 radical (unpaired) electrons. The average Bonchev–Trinajstić information content (AvgIpc) is 3.02. The summed E-state index contributed by atoms with van der Waals surface area (Å²) in [6.45, 7) is 11.5. The summed E-state index contributed by atoms with van der Waals surface area (Å²) in [5.74, 6) is 3.36. The first-order valence-corrected chi connectivity index (χ1v) is 13.1. The second-order valence-electron chi connectivity index (χ2n) is 12.6. The van der Waals surface area contributed by atoms with E-state index in [1.54, 1.807) is 5.57 Å². The van der Waals surface area contributed by atoms with E-state index in [0.717, 1.165) is 49.9 Å². The first-order valence-electron chi connectivity index (χ1n) is 12.7. The van der Waals surface area contributed by atoms with E-state index in [-0.39, 0.29) is 17.1 Å². The minimum absolute atomic E-state index is 0.120. The Labute approximate surface area is 189 Å². The molecule has 2 nitrogen and oxygen atoms in total. The van der Waals surface area contributed by atoms with Crippen LogP contribution in [0.2, 0.25) is 0 Å². The van der Waals surface area contributed by atoms with Crippen molar-refractivity contribution in [1.29, 1.82) is 0 Å². The highest BCUT2D eigenvalue weighted by molar-refractivity contribution is 6.23. The number of hydrogen-bond acceptors (Lipinski definition) is 2. The van der Waals surface area contributed by atoms with Crippen LogP contribution in [0.1, 0.15) is 98.8 Å². The Morgan fingerprint density at radius 3 is 2.57 bits per heavy atom. The Morgan fingerprint density at radius 1 is 1.13 bits per heavy atom. The summed E-state index contributed by atoms with van der Waals surface area (Å²) in [6, 6.07) is 0. The fourth-order valence-corrected chi connectivity index (χ4v) is 8.68. The molecule has 2 unspecified atom stereocenters. The van der Waals surface area contributed by atoms with Crippen LogP contribution < -0.4 is 0 Å². The van der Waals surface area contributed by atoms with Gasteiger partial charge in [-0.3, -0.25) is 0 Å². The summed E-state index contributed by atoms with van der Waals surface area (Å²) in [4.78, 5) is -0.226. The van der Waals surface area contributed by atoms with Gasteiger partial charge in [0.05, 0.1) is 12.2 Å². The van der Waals surface area contributed by atoms with Crippen molar-refractivity contribution in [1.82, 2.24) is 0 Å². The molecule has 0 aromatic heterocycles. The molecule has 0 bridgehead atoms. The van der Waals surface area contributed by atoms with Crippen LogP contribution in [0.5, 0.6) is 0 Å². The number of alkyl halides is 1. The zero-order valence-corrected chi connectivity index (χ0v) is 20.7. The lowest BCUT2D eigenvalue weighted by molar-refractivity contribution is -0.0680. The average molecular weight is 437 g/mol. The largest absolute Gasteiger partial charge is 0.393 e. The third-order valence-electron chi connectivity index (χ3n) is 10.4. The monoisotopic (exact) mass is 436 g/mol. The fourth-order valence-electron chi connectivity index (χ4n) is 8.57. The van der Waals surface area contributed by atoms with Gasteiger partial charge in [0.2, 0.25) is 0 Å². The highest BCUT2D eigenvalue weighted by Gasteiger charge is 2.59. The molecule has 3 saturated carbocycles. The number of aliphatic hydroxyl groups is 2. The Hall–Kier alpha value is -0.0500. The van der Waals surface area contributed by atoms with Crippen LogP contribution in [0, 0.1) is 40.4 Å². The smallest absolute Gasteiger partial charge is 0.0577 e. The topological polar surface area (TPSA) is 40.5 Å². The third-order valence-corrected chi connectivity index (χ3v) is 10.6. The van der Waals surface area contributed by atoms with Crippen molar-refractivity contribution in [2.24, 2.45) is 40.4 Å². The van der Waals surface area contributed by atoms with Crippen LogP contribution in [-0.2, 0) is 0 Å². The minimum atomic E-state index is -0.239. The van der Waals surface area contributed by atoms with Gasteiger partial charge in [0.15, 0.2) is 0 Å². The van der Waals surface area contributed by atoms with Crippen molar-refractivity contribution in [3.63, 3.8) is 0 Å². The van der Waals surface area contributed by atoms with Crippen molar-refractivity contribution in [3.05, 3.63) is 11.6 Å². The maximum Gasteiger partial charge on any atom is 0.0577 e. The van der Waals surface area contributed by atoms with E-state index >= 15 is 0 Å². The molecular weight excluding hydrogens is 392 g/mol. The predicted molar refractivity (Wildman–Crippen MR) is 126 cm³/mol. The first-order chi connectivity index (χ1) is 14.0. The lowest BCUT2D eigenvalue weighted by Gasteiger charge is -2.58. The van der Waals surface area contributed by atoms with E-state index < -0.39 is 0 Å². The zero-order valence-electron chi connectivity index (χ0n) is 20.0. The minimum Gasteiger partial charge on any atom is -0.393 e. The summed E-state index contributed by atoms with van der Waals surface area (Å²) in [5, 5.41) is 21.2. The van der Waals surface area contributed by atoms with Gasteiger partial charge in [-0.1, -0.05) is 32.4 Å². The number of allylic oxidation sites excluding steroid dienone is 1. The van der Waals surface area contributed by atoms with Crippen LogP contribution in [0.4, 0.5) is 0 Å². The highest BCUT2D eigenvalue weighted by atomic mass is 35.5. The van der Waals surface area contributed by atoms with Gasteiger partial charge in [-0.25, -0.2) is 0 Å². The van der Waals surface area contributed by atoms with Crippen molar-refractivity contribution in [2.75, 3.05) is 0 Å². The van der Waals surface area contributed by atoms with Crippen LogP contribution in [0.3, 0.4) is 0 Å². The van der Waals surface area contributed by atoms with Crippen LogP contribution in [-0.4, -0.2) is 27.3 Å². The molecule has 3 heteroatoms. The van der Waals surface area contributed by atoms with Crippen molar-refractivity contribution >= 4 is 11.6 Å². The lowest BCUT2D eigenvalue weighted by atomic mass is 9.47. The second kappa shape index (κ2) is 8.07. The van der Waals surface area contributed by atoms with Crippen molar-refractivity contribution in [3.8, 4) is 0 Å². The molecule has 172 valence electrons. The van der Waals surface area contributed by atoms with Crippen molar-refractivity contribution in [2.45, 2.75) is 116 Å². The zero-order chi connectivity index (χ0) is 21.9. The molecule has 0 spiro atoms. The van der Waals surface area contributed by atoms with E-state index in [1.165, 1.54) is 32.1 Å². The number of aliphatic hydroxyl groups excluding tert-OH is 2. The summed E-state index contributed by atoms with van der Waals surface area (Å²) in [7, 11) is 0. The van der Waals surface area contributed by atoms with Gasteiger partial charge in [-0.05, 0) is 118 Å². The van der Waals surface area contributed by atoms with Gasteiger partial charge in [-0.2, -0.15) is 0 Å². The van der Waals surface area contributed by atoms with Crippen LogP contribution >= 0.6 is 11.6 Å². The van der Waals surface area contributed by atoms with E-state index in [2.05, 4.69) is 40.7 Å². The quantitative estimate of drug-likeness (QED) is 0.370. The molecule has 0 aromatic rings. The van der Waals surface area contributed by atoms with Gasteiger partial charge < -0.3 is 10.2 Å². The standard InChI is InChI=1S/C27H45ClO2/c1-17(24(30)12-13-25(2,3)28)21-8-9-22-20-7-6-18-16-19(29)10-14-26(18,4)23(20)11-15-27(21,22)5/h6,17,19-24,29-30H,7-16H2,1-5H3/t17-,19?,20-,21+,22-,23-,24?,26-,27+/m0/s1. The Bertz CT molecular complexity index is 666. The lowest BCUT2D eigenvalue weighted by Crippen LogP contribution is -2.51. The molecule has 0 saturated heterocycles. The van der Waals surface area contributed by atoms with E-state index in [9.17, 15) is 10.2 Å². The Morgan fingerprint density at radius 2 is 1.87 bits per heavy atom. The van der Waals surface area contributed by atoms with E-state index in [4.69, 9.17) is 11.6 Å². The Kier molecular flexibility index (Phi) is 6.22. The molecule has 0 amide bonds. The number of hydrogen-bond donors (Lipinski definition) is 2. The van der Waals surface area contributed by atoms with Crippen LogP contribution in [0.25, 0.3) is 0 Å². The number of rotatable bonds is 5. The van der Waals surface area contributed by atoms with Gasteiger partial charge in [-0.15, -0.1) is 11.6 Å². The summed E-state index contributed by atoms with van der Waals surface area (Å²) in [5.41, 5.74) is 2.25. The van der Waals surface area contributed by atoms with E-state index in [1.807, 2.05) is 0 Å². The van der Waals surface area contributed by atoms with E-state index in [0.29, 0.717) is 22.7 Å². The van der Waals surface area contributed by atoms with Gasteiger partial charge >= 0.3 is 0 Å². The fraction of sp³-hybridized carbons (Fsp3) is 0.926. The summed E-state index contributed by atoms with van der Waals surface area (Å²) >= 11 is 6.40. The Balaban J connectivity index is 1.50. The highest BCUT2D eigenvalue weighted by Crippen LogP contribution is 2.67. The maximum absolute atomic E-state index is 11.0. The second-order valence-corrected chi connectivity index (χ2v) is 13.6. The molecule has 4 aliphatic rings. The molecule has 9 atom stereocenters. The molecule has 0 aliphatic heterocycles. The maximum atomic E-state index is 11.0. The van der Waals surface area contributed by atoms with Gasteiger partial charge in [0, 0.05) is 4.87 Å². The molecule has 30 heavy (non-hydrogen) atoms. The van der Waals surface area contributed by atoms with Crippen molar-refractivity contribution < 1.29 is 10.2 Å². The van der Waals surface area contributed by atoms with Crippen LogP contribution in [0.15, 0.2) is 11.6 Å². The molecular formula is C27H45ClO2. The number of halogens is 1. The molecule has 0 aromatic carbocycles. The summed E-state index contributed by atoms with van der Waals surface area (Å²) in [6.07, 6.45) is 13.4. The molecule has 2 N–H and O–H groups in total. The van der Waals surface area contributed by atoms with Gasteiger partial charge in [0.1, 0.15) is 0 Å². The number of fused-ring (bicyclic) bond motifs is 5. The SMILES string of the molecule is C[C@H](C(O)CCC(C)(C)Cl)[C@H]1CC[C@H]2[C@@H]3CC=C4CC(O)CC[C@]4(C)[C@H]3CC[C@]12C. The molecule has 4 rings (SSSR count).